The van der Waals surface area contributed by atoms with E-state index in [-0.39, 0.29) is 18.2 Å². The van der Waals surface area contributed by atoms with E-state index in [0.29, 0.717) is 23.7 Å². The van der Waals surface area contributed by atoms with E-state index in [1.165, 1.54) is 6.21 Å². The maximum Gasteiger partial charge on any atom is 0.320 e. The van der Waals surface area contributed by atoms with Gasteiger partial charge in [0.1, 0.15) is 5.82 Å². The van der Waals surface area contributed by atoms with Gasteiger partial charge in [0.15, 0.2) is 0 Å². The topological polar surface area (TPSA) is 112 Å². The first-order chi connectivity index (χ1) is 15.6. The highest BCUT2D eigenvalue weighted by Gasteiger charge is 2.28. The van der Waals surface area contributed by atoms with Crippen molar-refractivity contribution in [1.29, 1.82) is 5.41 Å². The summed E-state index contributed by atoms with van der Waals surface area (Å²) in [5, 5.41) is 16.8. The minimum Gasteiger partial charge on any atom is -0.376 e. The van der Waals surface area contributed by atoms with Gasteiger partial charge < -0.3 is 20.8 Å². The lowest BCUT2D eigenvalue weighted by molar-refractivity contribution is 0.0815. The zero-order valence-corrected chi connectivity index (χ0v) is 17.8. The van der Waals surface area contributed by atoms with Crippen LogP contribution < -0.4 is 16.0 Å². The molecule has 8 nitrogen and oxygen atoms in total. The molecule has 4 rings (SSSR count). The van der Waals surface area contributed by atoms with E-state index in [2.05, 4.69) is 25.9 Å². The number of amides is 2. The average Bonchev–Trinajstić information content (AvgIpc) is 3.34. The number of carbonyl (C=O) groups excluding carboxylic acids is 1. The van der Waals surface area contributed by atoms with Crippen LogP contribution in [0.5, 0.6) is 0 Å². The molecule has 1 fully saturated rings. The minimum absolute atomic E-state index is 0.0661. The molecule has 2 aromatic heterocycles. The van der Waals surface area contributed by atoms with Crippen LogP contribution in [0.15, 0.2) is 60.9 Å². The van der Waals surface area contributed by atoms with Gasteiger partial charge in [-0.15, -0.1) is 0 Å². The summed E-state index contributed by atoms with van der Waals surface area (Å²) in [4.78, 5) is 21.3. The quantitative estimate of drug-likeness (QED) is 0.410. The van der Waals surface area contributed by atoms with Crippen molar-refractivity contribution in [2.45, 2.75) is 31.9 Å². The maximum absolute atomic E-state index is 12.8. The van der Waals surface area contributed by atoms with E-state index < -0.39 is 0 Å². The zero-order chi connectivity index (χ0) is 22.3. The van der Waals surface area contributed by atoms with Gasteiger partial charge >= 0.3 is 6.03 Å². The van der Waals surface area contributed by atoms with Crippen LogP contribution in [0.2, 0.25) is 0 Å². The number of carbonyl (C=O) groups is 1. The number of hydrogen-bond acceptors (Lipinski definition) is 6. The molecule has 0 saturated carbocycles. The number of nitrogens with one attached hydrogen (secondary N) is 4. The van der Waals surface area contributed by atoms with Crippen LogP contribution in [-0.4, -0.2) is 34.9 Å². The number of nitrogens with zero attached hydrogens (tertiary/aromatic N) is 2. The van der Waals surface area contributed by atoms with Gasteiger partial charge in [-0.05, 0) is 43.5 Å². The summed E-state index contributed by atoms with van der Waals surface area (Å²) in [6.45, 7) is 2.61. The molecule has 0 aliphatic carbocycles. The summed E-state index contributed by atoms with van der Waals surface area (Å²) in [6, 6.07) is 14.6. The van der Waals surface area contributed by atoms with Gasteiger partial charge in [-0.2, -0.15) is 0 Å². The second kappa shape index (κ2) is 10.0. The maximum atomic E-state index is 12.8. The third kappa shape index (κ3) is 5.28. The lowest BCUT2D eigenvalue weighted by Gasteiger charge is -2.24. The summed E-state index contributed by atoms with van der Waals surface area (Å²) < 4.78 is 5.84. The second-order valence-corrected chi connectivity index (χ2v) is 7.65. The smallest absolute Gasteiger partial charge is 0.320 e. The number of aromatic nitrogens is 2. The molecule has 1 aliphatic rings. The summed E-state index contributed by atoms with van der Waals surface area (Å²) in [6.07, 6.45) is 6.34. The van der Waals surface area contributed by atoms with Crippen molar-refractivity contribution in [2.24, 2.45) is 0 Å². The lowest BCUT2D eigenvalue weighted by atomic mass is 9.99. The van der Waals surface area contributed by atoms with Crippen LogP contribution >= 0.6 is 0 Å². The van der Waals surface area contributed by atoms with Crippen LogP contribution in [0.25, 0.3) is 0 Å². The van der Waals surface area contributed by atoms with E-state index >= 15 is 0 Å². The monoisotopic (exact) mass is 430 g/mol. The molecule has 3 aromatic rings. The van der Waals surface area contributed by atoms with Crippen molar-refractivity contribution in [3.63, 3.8) is 0 Å². The lowest BCUT2D eigenvalue weighted by Crippen LogP contribution is -2.38. The number of ether oxygens (including phenoxy) is 1. The Labute approximate surface area is 187 Å². The van der Waals surface area contributed by atoms with E-state index in [0.717, 1.165) is 29.8 Å². The van der Waals surface area contributed by atoms with Crippen LogP contribution in [0.3, 0.4) is 0 Å². The Bertz CT molecular complexity index is 1080. The van der Waals surface area contributed by atoms with Crippen LogP contribution in [0.1, 0.15) is 35.7 Å². The predicted octanol–water partition coefficient (Wildman–Crippen LogP) is 4.57. The van der Waals surface area contributed by atoms with Crippen molar-refractivity contribution in [2.75, 3.05) is 17.2 Å². The van der Waals surface area contributed by atoms with Gasteiger partial charge in [0.05, 0.1) is 24.0 Å². The Morgan fingerprint density at radius 2 is 2.06 bits per heavy atom. The number of anilines is 3. The SMILES string of the molecule is Cc1cc(Nc2cnc(NC(=O)NC(c3ccccc3)C3CCCO3)cc2C=N)ccn1. The van der Waals surface area contributed by atoms with E-state index in [4.69, 9.17) is 10.1 Å². The highest BCUT2D eigenvalue weighted by atomic mass is 16.5. The van der Waals surface area contributed by atoms with E-state index in [1.54, 1.807) is 18.5 Å². The van der Waals surface area contributed by atoms with Gasteiger partial charge in [0.25, 0.3) is 0 Å². The van der Waals surface area contributed by atoms with Crippen LogP contribution in [-0.2, 0) is 4.74 Å². The number of pyridine rings is 2. The van der Waals surface area contributed by atoms with Gasteiger partial charge in [0, 0.05) is 36.0 Å². The first-order valence-corrected chi connectivity index (χ1v) is 10.6. The van der Waals surface area contributed by atoms with Crippen LogP contribution in [0, 0.1) is 12.3 Å². The second-order valence-electron chi connectivity index (χ2n) is 7.65. The number of hydrogen-bond donors (Lipinski definition) is 4. The summed E-state index contributed by atoms with van der Waals surface area (Å²) in [5.41, 5.74) is 3.99. The third-order valence-electron chi connectivity index (χ3n) is 5.29. The summed E-state index contributed by atoms with van der Waals surface area (Å²) in [5.74, 6) is 0.358. The first kappa shape index (κ1) is 21.5. The highest BCUT2D eigenvalue weighted by molar-refractivity contribution is 5.92. The first-order valence-electron chi connectivity index (χ1n) is 10.6. The van der Waals surface area contributed by atoms with Crippen LogP contribution in [0.4, 0.5) is 22.0 Å². The fourth-order valence-corrected chi connectivity index (χ4v) is 3.75. The molecule has 4 N–H and O–H groups in total. The standard InChI is InChI=1S/C24H26N6O2/c1-16-12-19(9-10-26-16)28-20-15-27-22(13-18(20)14-25)29-24(31)30-23(21-8-5-11-32-21)17-6-3-2-4-7-17/h2-4,6-7,9-10,12-15,21,23,25H,5,8,11H2,1H3,(H,26,28)(H2,27,29,30,31). The largest absolute Gasteiger partial charge is 0.376 e. The molecule has 1 aliphatic heterocycles. The molecule has 0 bridgehead atoms. The van der Waals surface area contributed by atoms with Crippen molar-refractivity contribution < 1.29 is 9.53 Å². The summed E-state index contributed by atoms with van der Waals surface area (Å²) >= 11 is 0. The third-order valence-corrected chi connectivity index (χ3v) is 5.29. The number of aryl methyl sites for hydroxylation is 1. The number of urea groups is 1. The summed E-state index contributed by atoms with van der Waals surface area (Å²) in [7, 11) is 0. The Kier molecular flexibility index (Phi) is 6.72. The molecule has 0 radical (unpaired) electrons. The highest BCUT2D eigenvalue weighted by Crippen LogP contribution is 2.27. The van der Waals surface area contributed by atoms with E-state index in [1.807, 2.05) is 49.4 Å². The molecule has 32 heavy (non-hydrogen) atoms. The Hall–Kier alpha value is -3.78. The molecule has 2 amide bonds. The Morgan fingerprint density at radius 1 is 1.22 bits per heavy atom. The Balaban J connectivity index is 1.46. The number of rotatable bonds is 7. The molecule has 2 unspecified atom stereocenters. The molecule has 1 saturated heterocycles. The zero-order valence-electron chi connectivity index (χ0n) is 17.8. The predicted molar refractivity (Wildman–Crippen MR) is 125 cm³/mol. The van der Waals surface area contributed by atoms with Crippen molar-refractivity contribution in [3.8, 4) is 0 Å². The van der Waals surface area contributed by atoms with Crippen molar-refractivity contribution >= 4 is 29.4 Å². The van der Waals surface area contributed by atoms with Gasteiger partial charge in [-0.25, -0.2) is 9.78 Å². The molecule has 0 spiro atoms. The minimum atomic E-state index is -0.372. The van der Waals surface area contributed by atoms with Crippen molar-refractivity contribution in [1.82, 2.24) is 15.3 Å². The van der Waals surface area contributed by atoms with Gasteiger partial charge in [0.2, 0.25) is 0 Å². The molecule has 2 atom stereocenters. The normalized spacial score (nSPS) is 16.2. The fourth-order valence-electron chi connectivity index (χ4n) is 3.75. The van der Waals surface area contributed by atoms with Gasteiger partial charge in [-0.3, -0.25) is 10.3 Å². The average molecular weight is 431 g/mol. The molecular formula is C24H26N6O2. The number of benzene rings is 1. The molecule has 8 heteroatoms. The molecular weight excluding hydrogens is 404 g/mol. The molecule has 1 aromatic carbocycles. The van der Waals surface area contributed by atoms with Crippen molar-refractivity contribution in [3.05, 3.63) is 77.7 Å². The fraction of sp³-hybridized carbons (Fsp3) is 0.250. The molecule has 3 heterocycles. The van der Waals surface area contributed by atoms with Gasteiger partial charge in [-0.1, -0.05) is 30.3 Å². The van der Waals surface area contributed by atoms with E-state index in [9.17, 15) is 4.79 Å². The molecule has 164 valence electrons. The Morgan fingerprint density at radius 3 is 2.78 bits per heavy atom.